The van der Waals surface area contributed by atoms with E-state index in [9.17, 15) is 8.78 Å². The van der Waals surface area contributed by atoms with Gasteiger partial charge in [0.05, 0.1) is 0 Å². The van der Waals surface area contributed by atoms with Crippen molar-refractivity contribution in [1.29, 1.82) is 0 Å². The van der Waals surface area contributed by atoms with Crippen molar-refractivity contribution in [3.63, 3.8) is 0 Å². The molecule has 49 heavy (non-hydrogen) atoms. The van der Waals surface area contributed by atoms with E-state index in [4.69, 9.17) is 67.3 Å². The Bertz CT molecular complexity index is 1750. The average Bonchev–Trinajstić information content (AvgIpc) is 3.10. The molecule has 1 aliphatic carbocycles. The molecule has 258 valence electrons. The molecule has 5 N–H and O–H groups in total. The first kappa shape index (κ1) is 37.5. The zero-order valence-electron chi connectivity index (χ0n) is 25.7. The SMILES string of the molecule is FC1(F)CCC(Nc2c(Cl)ncnc2OCc2ccccc2)CC1.Nc1c(Cl)ncnc1Cl.Nc1c(Cl)ncnc1OCc1ccccc1. The third-order valence-corrected chi connectivity index (χ3v) is 8.04. The molecule has 0 unspecified atom stereocenters. The van der Waals surface area contributed by atoms with Gasteiger partial charge in [0, 0.05) is 18.9 Å². The fraction of sp³-hybridized carbons (Fsp3) is 0.250. The van der Waals surface area contributed by atoms with E-state index in [2.05, 4.69) is 35.2 Å². The van der Waals surface area contributed by atoms with Gasteiger partial charge in [0.2, 0.25) is 17.7 Å². The van der Waals surface area contributed by atoms with Crippen LogP contribution in [0.2, 0.25) is 20.6 Å². The minimum atomic E-state index is -2.57. The third-order valence-electron chi connectivity index (χ3n) is 6.85. The van der Waals surface area contributed by atoms with Crippen molar-refractivity contribution in [2.24, 2.45) is 0 Å². The summed E-state index contributed by atoms with van der Waals surface area (Å²) in [6.07, 6.45) is 4.38. The molecule has 0 radical (unpaired) electrons. The molecule has 0 saturated heterocycles. The van der Waals surface area contributed by atoms with E-state index in [0.717, 1.165) is 11.1 Å². The molecule has 5 aromatic rings. The van der Waals surface area contributed by atoms with Crippen molar-refractivity contribution in [1.82, 2.24) is 29.9 Å². The number of rotatable bonds is 8. The molecular formula is C32H31Cl4F2N9O2. The van der Waals surface area contributed by atoms with Gasteiger partial charge in [-0.3, -0.25) is 0 Å². The molecule has 1 aliphatic rings. The minimum Gasteiger partial charge on any atom is -0.471 e. The van der Waals surface area contributed by atoms with E-state index in [0.29, 0.717) is 43.5 Å². The van der Waals surface area contributed by atoms with Crippen molar-refractivity contribution < 1.29 is 18.3 Å². The third kappa shape index (κ3) is 12.0. The molecule has 1 saturated carbocycles. The van der Waals surface area contributed by atoms with E-state index < -0.39 is 5.92 Å². The maximum Gasteiger partial charge on any atom is 0.248 e. The summed E-state index contributed by atoms with van der Waals surface area (Å²) in [4.78, 5) is 22.9. The fourth-order valence-corrected chi connectivity index (χ4v) is 4.87. The van der Waals surface area contributed by atoms with Crippen LogP contribution in [0.25, 0.3) is 0 Å². The van der Waals surface area contributed by atoms with Gasteiger partial charge in [-0.2, -0.15) is 9.97 Å². The molecule has 2 aromatic carbocycles. The van der Waals surface area contributed by atoms with Crippen LogP contribution in [-0.4, -0.2) is 41.9 Å². The lowest BCUT2D eigenvalue weighted by Crippen LogP contribution is -2.32. The highest BCUT2D eigenvalue weighted by atomic mass is 35.5. The number of halogens is 6. The van der Waals surface area contributed by atoms with Gasteiger partial charge >= 0.3 is 0 Å². The Morgan fingerprint density at radius 2 is 1.06 bits per heavy atom. The molecule has 3 aromatic heterocycles. The molecular weight excluding hydrogens is 722 g/mol. The first-order valence-electron chi connectivity index (χ1n) is 14.7. The van der Waals surface area contributed by atoms with Gasteiger partial charge in [0.25, 0.3) is 0 Å². The second kappa shape index (κ2) is 18.5. The van der Waals surface area contributed by atoms with Crippen molar-refractivity contribution in [2.75, 3.05) is 16.8 Å². The van der Waals surface area contributed by atoms with E-state index in [-0.39, 0.29) is 50.9 Å². The number of alkyl halides is 2. The smallest absolute Gasteiger partial charge is 0.248 e. The van der Waals surface area contributed by atoms with Gasteiger partial charge in [-0.25, -0.2) is 28.7 Å². The highest BCUT2D eigenvalue weighted by Gasteiger charge is 2.35. The molecule has 0 atom stereocenters. The molecule has 3 heterocycles. The van der Waals surface area contributed by atoms with E-state index >= 15 is 0 Å². The van der Waals surface area contributed by atoms with Crippen LogP contribution in [0.1, 0.15) is 36.8 Å². The van der Waals surface area contributed by atoms with Crippen LogP contribution in [0, 0.1) is 0 Å². The number of nitrogens with two attached hydrogens (primary N) is 2. The van der Waals surface area contributed by atoms with Gasteiger partial charge in [-0.15, -0.1) is 0 Å². The normalized spacial score (nSPS) is 13.6. The Hall–Kier alpha value is -4.30. The zero-order chi connectivity index (χ0) is 35.2. The van der Waals surface area contributed by atoms with Gasteiger partial charge < -0.3 is 26.3 Å². The van der Waals surface area contributed by atoms with Crippen LogP contribution in [0.15, 0.2) is 79.6 Å². The highest BCUT2D eigenvalue weighted by molar-refractivity contribution is 6.37. The quantitative estimate of drug-likeness (QED) is 0.131. The Morgan fingerprint density at radius 3 is 1.57 bits per heavy atom. The first-order chi connectivity index (χ1) is 23.5. The van der Waals surface area contributed by atoms with Crippen molar-refractivity contribution in [3.8, 4) is 11.8 Å². The average molecular weight is 753 g/mol. The van der Waals surface area contributed by atoms with Crippen molar-refractivity contribution >= 4 is 63.5 Å². The number of nitrogen functional groups attached to an aromatic ring is 2. The fourth-order valence-electron chi connectivity index (χ4n) is 4.25. The van der Waals surface area contributed by atoms with Crippen molar-refractivity contribution in [3.05, 3.63) is 111 Å². The van der Waals surface area contributed by atoms with Crippen LogP contribution in [0.5, 0.6) is 11.8 Å². The van der Waals surface area contributed by atoms with E-state index in [1.165, 1.54) is 19.0 Å². The standard InChI is InChI=1S/C17H18ClF2N3O.C11H10ClN3O.C4H3Cl2N3/c18-15-14(23-13-6-8-17(19,20)9-7-13)16(22-11-21-15)24-10-12-4-2-1-3-5-12;12-10-9(13)11(15-7-14-10)16-6-8-4-2-1-3-5-8;5-3-2(7)4(6)9-1-8-3/h1-5,11,13,23H,6-10H2;1-5,7H,6,13H2;1H,7H2. The minimum absolute atomic E-state index is 0.0906. The maximum atomic E-state index is 13.3. The summed E-state index contributed by atoms with van der Waals surface area (Å²) in [6.45, 7) is 0.740. The number of ether oxygens (including phenoxy) is 2. The summed E-state index contributed by atoms with van der Waals surface area (Å²) in [7, 11) is 0. The lowest BCUT2D eigenvalue weighted by Gasteiger charge is -2.29. The second-order valence-corrected chi connectivity index (χ2v) is 11.9. The lowest BCUT2D eigenvalue weighted by molar-refractivity contribution is -0.0361. The number of nitrogens with one attached hydrogen (secondary N) is 1. The largest absolute Gasteiger partial charge is 0.471 e. The Morgan fingerprint density at radius 1 is 0.633 bits per heavy atom. The van der Waals surface area contributed by atoms with Crippen molar-refractivity contribution in [2.45, 2.75) is 50.9 Å². The number of nitrogens with zero attached hydrogens (tertiary/aromatic N) is 6. The van der Waals surface area contributed by atoms with Crippen LogP contribution in [-0.2, 0) is 13.2 Å². The Kier molecular flexibility index (Phi) is 14.1. The summed E-state index contributed by atoms with van der Waals surface area (Å²) in [6, 6.07) is 19.3. The number of anilines is 3. The Balaban J connectivity index is 0.000000185. The lowest BCUT2D eigenvalue weighted by atomic mass is 9.92. The Labute approximate surface area is 301 Å². The molecule has 17 heteroatoms. The summed E-state index contributed by atoms with van der Waals surface area (Å²) >= 11 is 22.8. The molecule has 0 spiro atoms. The molecule has 0 amide bonds. The summed E-state index contributed by atoms with van der Waals surface area (Å²) < 4.78 is 37.7. The molecule has 6 rings (SSSR count). The van der Waals surface area contributed by atoms with Gasteiger partial charge in [0.1, 0.15) is 49.3 Å². The summed E-state index contributed by atoms with van der Waals surface area (Å²) in [5.41, 5.74) is 13.9. The predicted octanol–water partition coefficient (Wildman–Crippen LogP) is 8.36. The molecule has 1 fully saturated rings. The second-order valence-electron chi connectivity index (χ2n) is 10.4. The van der Waals surface area contributed by atoms with Crippen LogP contribution in [0.3, 0.4) is 0 Å². The van der Waals surface area contributed by atoms with Crippen LogP contribution in [0.4, 0.5) is 25.8 Å². The van der Waals surface area contributed by atoms with E-state index in [1.807, 2.05) is 60.7 Å². The molecule has 0 aliphatic heterocycles. The number of benzene rings is 2. The van der Waals surface area contributed by atoms with E-state index in [1.54, 1.807) is 0 Å². The zero-order valence-corrected chi connectivity index (χ0v) is 28.8. The number of hydrogen-bond acceptors (Lipinski definition) is 11. The van der Waals surface area contributed by atoms with Crippen LogP contribution >= 0.6 is 46.4 Å². The monoisotopic (exact) mass is 751 g/mol. The number of hydrogen-bond donors (Lipinski definition) is 3. The van der Waals surface area contributed by atoms with Gasteiger partial charge in [-0.1, -0.05) is 107 Å². The summed E-state index contributed by atoms with van der Waals surface area (Å²) in [5.74, 6) is -1.93. The maximum absolute atomic E-state index is 13.3. The first-order valence-corrected chi connectivity index (χ1v) is 16.2. The van der Waals surface area contributed by atoms with Crippen LogP contribution < -0.4 is 26.3 Å². The predicted molar refractivity (Wildman–Crippen MR) is 187 cm³/mol. The topological polar surface area (TPSA) is 160 Å². The highest BCUT2D eigenvalue weighted by Crippen LogP contribution is 2.37. The molecule has 0 bridgehead atoms. The van der Waals surface area contributed by atoms with Gasteiger partial charge in [0.15, 0.2) is 20.6 Å². The number of aromatic nitrogens is 6. The summed E-state index contributed by atoms with van der Waals surface area (Å²) in [5, 5.41) is 3.99. The molecule has 11 nitrogen and oxygen atoms in total. The van der Waals surface area contributed by atoms with Gasteiger partial charge in [-0.05, 0) is 24.0 Å².